The molecule has 148 valence electrons. The van der Waals surface area contributed by atoms with Gasteiger partial charge in [0, 0.05) is 31.4 Å². The van der Waals surface area contributed by atoms with Gasteiger partial charge in [-0.2, -0.15) is 9.40 Å². The summed E-state index contributed by atoms with van der Waals surface area (Å²) in [6.07, 6.45) is 1.58. The molecule has 2 rings (SSSR count). The summed E-state index contributed by atoms with van der Waals surface area (Å²) in [5.74, 6) is -1.59. The summed E-state index contributed by atoms with van der Waals surface area (Å²) in [5.41, 5.74) is 0.792. The maximum absolute atomic E-state index is 13.1. The highest BCUT2D eigenvalue weighted by molar-refractivity contribution is 7.89. The molecule has 1 atom stereocenters. The number of fused-ring (bicyclic) bond motifs is 1. The van der Waals surface area contributed by atoms with Gasteiger partial charge in [-0.05, 0) is 39.0 Å². The van der Waals surface area contributed by atoms with Crippen LogP contribution in [0.5, 0.6) is 0 Å². The number of sulfonamides is 1. The van der Waals surface area contributed by atoms with Gasteiger partial charge in [0.25, 0.3) is 0 Å². The van der Waals surface area contributed by atoms with E-state index in [1.165, 1.54) is 26.0 Å². The topological polar surface area (TPSA) is 122 Å². The Morgan fingerprint density at radius 2 is 1.96 bits per heavy atom. The minimum absolute atomic E-state index is 0.0136. The van der Waals surface area contributed by atoms with Crippen molar-refractivity contribution in [2.75, 3.05) is 13.1 Å². The lowest BCUT2D eigenvalue weighted by atomic mass is 10.2. The number of carboxylic acid groups (broad SMARTS) is 1. The molecule has 10 heteroatoms. The summed E-state index contributed by atoms with van der Waals surface area (Å²) in [4.78, 5) is 22.4. The standard InChI is InChI=1S/C17H24N4O5S/c1-11(2)21-16-6-5-15(9-14(16)10-19-21)27(25,26)20(12(3)17(23)24)8-7-18-13(4)22/h5-6,9-12H,7-8H2,1-4H3,(H,18,22)(H,23,24). The number of amides is 1. The number of aliphatic carboxylic acids is 1. The molecule has 27 heavy (non-hydrogen) atoms. The molecule has 1 unspecified atom stereocenters. The number of carbonyl (C=O) groups excluding carboxylic acids is 1. The van der Waals surface area contributed by atoms with Crippen LogP contribution in [0.3, 0.4) is 0 Å². The Bertz CT molecular complexity index is 951. The van der Waals surface area contributed by atoms with Gasteiger partial charge < -0.3 is 10.4 Å². The fourth-order valence-electron chi connectivity index (χ4n) is 2.73. The highest BCUT2D eigenvalue weighted by Gasteiger charge is 2.33. The fourth-order valence-corrected chi connectivity index (χ4v) is 4.35. The first kappa shape index (κ1) is 20.8. The Morgan fingerprint density at radius 3 is 2.52 bits per heavy atom. The van der Waals surface area contributed by atoms with Crippen molar-refractivity contribution in [3.05, 3.63) is 24.4 Å². The molecule has 0 aliphatic heterocycles. The maximum atomic E-state index is 13.1. The lowest BCUT2D eigenvalue weighted by molar-refractivity contribution is -0.140. The average molecular weight is 396 g/mol. The number of hydrogen-bond acceptors (Lipinski definition) is 5. The summed E-state index contributed by atoms with van der Waals surface area (Å²) < 4.78 is 28.8. The number of carbonyl (C=O) groups is 2. The number of rotatable bonds is 8. The third-order valence-corrected chi connectivity index (χ3v) is 6.12. The number of benzene rings is 1. The molecule has 0 spiro atoms. The molecule has 2 aromatic rings. The van der Waals surface area contributed by atoms with E-state index in [9.17, 15) is 23.1 Å². The molecule has 1 aromatic heterocycles. The van der Waals surface area contributed by atoms with E-state index in [2.05, 4.69) is 10.4 Å². The quantitative estimate of drug-likeness (QED) is 0.692. The van der Waals surface area contributed by atoms with Crippen molar-refractivity contribution in [2.45, 2.75) is 44.7 Å². The molecule has 0 aliphatic carbocycles. The Labute approximate surface area is 158 Å². The molecule has 0 fully saturated rings. The van der Waals surface area contributed by atoms with Gasteiger partial charge in [0.1, 0.15) is 6.04 Å². The molecule has 0 saturated carbocycles. The van der Waals surface area contributed by atoms with E-state index in [4.69, 9.17) is 0 Å². The second-order valence-corrected chi connectivity index (χ2v) is 8.41. The summed E-state index contributed by atoms with van der Waals surface area (Å²) in [5, 5.41) is 16.7. The van der Waals surface area contributed by atoms with Gasteiger partial charge in [-0.25, -0.2) is 8.42 Å². The highest BCUT2D eigenvalue weighted by Crippen LogP contribution is 2.24. The largest absolute Gasteiger partial charge is 0.480 e. The first-order valence-corrected chi connectivity index (χ1v) is 9.96. The van der Waals surface area contributed by atoms with Crippen molar-refractivity contribution in [1.29, 1.82) is 0 Å². The molecule has 2 N–H and O–H groups in total. The zero-order valence-electron chi connectivity index (χ0n) is 15.7. The zero-order valence-corrected chi connectivity index (χ0v) is 16.5. The minimum atomic E-state index is -4.08. The van der Waals surface area contributed by atoms with Gasteiger partial charge in [0.2, 0.25) is 15.9 Å². The van der Waals surface area contributed by atoms with E-state index in [0.29, 0.717) is 5.39 Å². The summed E-state index contributed by atoms with van der Waals surface area (Å²) >= 11 is 0. The second kappa shape index (κ2) is 8.05. The monoisotopic (exact) mass is 396 g/mol. The lowest BCUT2D eigenvalue weighted by Gasteiger charge is -2.25. The van der Waals surface area contributed by atoms with E-state index in [1.807, 2.05) is 13.8 Å². The molecule has 0 bridgehead atoms. The Hall–Kier alpha value is -2.46. The lowest BCUT2D eigenvalue weighted by Crippen LogP contribution is -2.46. The SMILES string of the molecule is CC(=O)NCCN(C(C)C(=O)O)S(=O)(=O)c1ccc2c(cnn2C(C)C)c1. The van der Waals surface area contributed by atoms with E-state index < -0.39 is 22.0 Å². The Morgan fingerprint density at radius 1 is 1.30 bits per heavy atom. The smallest absolute Gasteiger partial charge is 0.321 e. The van der Waals surface area contributed by atoms with Crippen LogP contribution < -0.4 is 5.32 Å². The van der Waals surface area contributed by atoms with Gasteiger partial charge >= 0.3 is 5.97 Å². The van der Waals surface area contributed by atoms with E-state index >= 15 is 0 Å². The van der Waals surface area contributed by atoms with Crippen molar-refractivity contribution >= 4 is 32.8 Å². The van der Waals surface area contributed by atoms with Crippen LogP contribution in [0, 0.1) is 0 Å². The molecule has 1 amide bonds. The van der Waals surface area contributed by atoms with Crippen LogP contribution in [0.15, 0.2) is 29.3 Å². The Balaban J connectivity index is 2.42. The summed E-state index contributed by atoms with van der Waals surface area (Å²) in [6, 6.07) is 3.42. The van der Waals surface area contributed by atoms with Crippen LogP contribution in [0.1, 0.15) is 33.7 Å². The predicted octanol–water partition coefficient (Wildman–Crippen LogP) is 1.22. The second-order valence-electron chi connectivity index (χ2n) is 6.52. The van der Waals surface area contributed by atoms with Crippen molar-refractivity contribution in [2.24, 2.45) is 0 Å². The average Bonchev–Trinajstić information content (AvgIpc) is 3.01. The molecule has 0 radical (unpaired) electrons. The number of nitrogens with zero attached hydrogens (tertiary/aromatic N) is 3. The minimum Gasteiger partial charge on any atom is -0.480 e. The van der Waals surface area contributed by atoms with Crippen molar-refractivity contribution in [3.63, 3.8) is 0 Å². The first-order chi connectivity index (χ1) is 12.6. The van der Waals surface area contributed by atoms with Crippen LogP contribution in [-0.2, 0) is 19.6 Å². The number of carboxylic acids is 1. The summed E-state index contributed by atoms with van der Waals surface area (Å²) in [6.45, 7) is 6.39. The van der Waals surface area contributed by atoms with E-state index in [-0.39, 0.29) is 29.9 Å². The fraction of sp³-hybridized carbons (Fsp3) is 0.471. The highest BCUT2D eigenvalue weighted by atomic mass is 32.2. The Kier molecular flexibility index (Phi) is 6.22. The van der Waals surface area contributed by atoms with Crippen LogP contribution >= 0.6 is 0 Å². The molecule has 1 heterocycles. The van der Waals surface area contributed by atoms with Crippen LogP contribution in [-0.4, -0.2) is 58.6 Å². The van der Waals surface area contributed by atoms with Crippen molar-refractivity contribution in [1.82, 2.24) is 19.4 Å². The third-order valence-electron chi connectivity index (χ3n) is 4.16. The molecule has 0 saturated heterocycles. The summed E-state index contributed by atoms with van der Waals surface area (Å²) in [7, 11) is -4.08. The molecule has 1 aromatic carbocycles. The zero-order chi connectivity index (χ0) is 20.4. The van der Waals surface area contributed by atoms with Crippen LogP contribution in [0.2, 0.25) is 0 Å². The molecule has 0 aliphatic rings. The van der Waals surface area contributed by atoms with E-state index in [1.54, 1.807) is 16.9 Å². The van der Waals surface area contributed by atoms with Gasteiger partial charge in [-0.3, -0.25) is 14.3 Å². The normalized spacial score (nSPS) is 13.3. The van der Waals surface area contributed by atoms with Crippen molar-refractivity contribution < 1.29 is 23.1 Å². The molecule has 9 nitrogen and oxygen atoms in total. The van der Waals surface area contributed by atoms with Gasteiger partial charge in [-0.1, -0.05) is 0 Å². The van der Waals surface area contributed by atoms with Gasteiger partial charge in [0.05, 0.1) is 16.6 Å². The number of nitrogens with one attached hydrogen (secondary N) is 1. The van der Waals surface area contributed by atoms with Crippen molar-refractivity contribution in [3.8, 4) is 0 Å². The van der Waals surface area contributed by atoms with Crippen LogP contribution in [0.25, 0.3) is 10.9 Å². The number of hydrogen-bond donors (Lipinski definition) is 2. The van der Waals surface area contributed by atoms with E-state index in [0.717, 1.165) is 9.82 Å². The van der Waals surface area contributed by atoms with Gasteiger partial charge in [0.15, 0.2) is 0 Å². The third kappa shape index (κ3) is 4.45. The first-order valence-electron chi connectivity index (χ1n) is 8.52. The van der Waals surface area contributed by atoms with Crippen LogP contribution in [0.4, 0.5) is 0 Å². The molecular formula is C17H24N4O5S. The molecular weight excluding hydrogens is 372 g/mol. The number of aromatic nitrogens is 2. The van der Waals surface area contributed by atoms with Gasteiger partial charge in [-0.15, -0.1) is 0 Å². The maximum Gasteiger partial charge on any atom is 0.321 e. The predicted molar refractivity (Wildman–Crippen MR) is 99.8 cm³/mol.